The van der Waals surface area contributed by atoms with Gasteiger partial charge in [-0.3, -0.25) is 14.4 Å². The lowest BCUT2D eigenvalue weighted by molar-refractivity contribution is -0.138. The van der Waals surface area contributed by atoms with Gasteiger partial charge < -0.3 is 20.6 Å². The minimum absolute atomic E-state index is 0.390. The number of carboxylic acids is 1. The van der Waals surface area contributed by atoms with Gasteiger partial charge in [0, 0.05) is 24.3 Å². The predicted molar refractivity (Wildman–Crippen MR) is 114 cm³/mol. The summed E-state index contributed by atoms with van der Waals surface area (Å²) >= 11 is 6.05. The summed E-state index contributed by atoms with van der Waals surface area (Å²) in [5.41, 5.74) is 2.18. The molecule has 0 spiro atoms. The van der Waals surface area contributed by atoms with Gasteiger partial charge in [-0.05, 0) is 34.9 Å². The van der Waals surface area contributed by atoms with Crippen LogP contribution in [0.4, 0.5) is 4.79 Å². The Morgan fingerprint density at radius 3 is 2.48 bits per heavy atom. The van der Waals surface area contributed by atoms with Gasteiger partial charge in [0.1, 0.15) is 0 Å². The Hall–Kier alpha value is -3.65. The zero-order valence-corrected chi connectivity index (χ0v) is 17.3. The van der Waals surface area contributed by atoms with Crippen molar-refractivity contribution in [3.05, 3.63) is 71.4 Å². The molecule has 31 heavy (non-hydrogen) atoms. The number of rotatable bonds is 6. The molecular formula is C22H20ClN3O5. The largest absolute Gasteiger partial charge is 0.481 e. The molecule has 3 rings (SSSR count). The van der Waals surface area contributed by atoms with Crippen molar-refractivity contribution in [2.75, 3.05) is 7.05 Å². The molecule has 0 aliphatic carbocycles. The molecule has 0 radical (unpaired) electrons. The number of nitrogens with zero attached hydrogens (tertiary/aromatic N) is 1. The predicted octanol–water partition coefficient (Wildman–Crippen LogP) is 2.75. The van der Waals surface area contributed by atoms with Gasteiger partial charge in [-0.1, -0.05) is 41.9 Å². The third-order valence-electron chi connectivity index (χ3n) is 4.75. The van der Waals surface area contributed by atoms with Crippen molar-refractivity contribution in [1.82, 2.24) is 15.5 Å². The third-order valence-corrected chi connectivity index (χ3v) is 4.98. The molecule has 2 aromatic rings. The number of benzene rings is 2. The number of carboxylic acid groups (broad SMARTS) is 1. The summed E-state index contributed by atoms with van der Waals surface area (Å²) in [5, 5.41) is 14.7. The van der Waals surface area contributed by atoms with Gasteiger partial charge in [0.05, 0.1) is 12.5 Å². The number of carbonyl (C=O) groups excluding carboxylic acids is 3. The molecule has 3 amide bonds. The first-order valence-corrected chi connectivity index (χ1v) is 9.76. The van der Waals surface area contributed by atoms with Crippen LogP contribution in [0.1, 0.15) is 18.0 Å². The van der Waals surface area contributed by atoms with Gasteiger partial charge in [-0.15, -0.1) is 0 Å². The molecule has 9 heteroatoms. The summed E-state index contributed by atoms with van der Waals surface area (Å²) < 4.78 is 0. The second-order valence-corrected chi connectivity index (χ2v) is 7.44. The van der Waals surface area contributed by atoms with Crippen LogP contribution in [-0.4, -0.2) is 46.8 Å². The second kappa shape index (κ2) is 9.44. The molecule has 1 unspecified atom stereocenters. The SMILES string of the molecule is CN1C=CC(=O)C(NC(=O)N[C@@H](CC(=O)O)c2cccc(-c3cccc(Cl)c3)c2)C1=O. The van der Waals surface area contributed by atoms with E-state index in [1.807, 2.05) is 12.1 Å². The monoisotopic (exact) mass is 441 g/mol. The highest BCUT2D eigenvalue weighted by Gasteiger charge is 2.32. The number of nitrogens with one attached hydrogen (secondary N) is 2. The fourth-order valence-corrected chi connectivity index (χ4v) is 3.36. The number of hydrogen-bond acceptors (Lipinski definition) is 4. The van der Waals surface area contributed by atoms with Crippen molar-refractivity contribution in [2.45, 2.75) is 18.5 Å². The summed E-state index contributed by atoms with van der Waals surface area (Å²) in [5.74, 6) is -2.26. The van der Waals surface area contributed by atoms with E-state index in [4.69, 9.17) is 11.6 Å². The van der Waals surface area contributed by atoms with Gasteiger partial charge in [0.25, 0.3) is 5.91 Å². The molecule has 2 aromatic carbocycles. The maximum Gasteiger partial charge on any atom is 0.316 e. The number of amides is 3. The van der Waals surface area contributed by atoms with Gasteiger partial charge in [0.2, 0.25) is 0 Å². The minimum atomic E-state index is -1.36. The highest BCUT2D eigenvalue weighted by molar-refractivity contribution is 6.30. The molecule has 0 bridgehead atoms. The maximum atomic E-state index is 12.5. The number of hydrogen-bond donors (Lipinski definition) is 3. The van der Waals surface area contributed by atoms with Crippen LogP contribution >= 0.6 is 11.6 Å². The van der Waals surface area contributed by atoms with E-state index in [2.05, 4.69) is 10.6 Å². The van der Waals surface area contributed by atoms with Crippen LogP contribution in [0.15, 0.2) is 60.8 Å². The van der Waals surface area contributed by atoms with Crippen molar-refractivity contribution >= 4 is 35.3 Å². The first-order valence-electron chi connectivity index (χ1n) is 9.38. The number of carbonyl (C=O) groups is 4. The van der Waals surface area contributed by atoms with Gasteiger partial charge in [-0.25, -0.2) is 4.79 Å². The molecule has 2 atom stereocenters. The van der Waals surface area contributed by atoms with Crippen molar-refractivity contribution in [2.24, 2.45) is 0 Å². The molecule has 1 heterocycles. The molecule has 8 nitrogen and oxygen atoms in total. The summed E-state index contributed by atoms with van der Waals surface area (Å²) in [7, 11) is 1.46. The lowest BCUT2D eigenvalue weighted by atomic mass is 9.98. The quantitative estimate of drug-likeness (QED) is 0.596. The molecule has 160 valence electrons. The van der Waals surface area contributed by atoms with Gasteiger partial charge in [-0.2, -0.15) is 0 Å². The number of urea groups is 1. The van der Waals surface area contributed by atoms with Crippen molar-refractivity contribution in [3.63, 3.8) is 0 Å². The van der Waals surface area contributed by atoms with Gasteiger partial charge in [0.15, 0.2) is 11.8 Å². The summed E-state index contributed by atoms with van der Waals surface area (Å²) in [6.45, 7) is 0. The Labute approximate surface area is 183 Å². The fourth-order valence-electron chi connectivity index (χ4n) is 3.17. The maximum absolute atomic E-state index is 12.5. The first kappa shape index (κ1) is 22.0. The van der Waals surface area contributed by atoms with Crippen LogP contribution in [0.3, 0.4) is 0 Å². The Balaban J connectivity index is 1.81. The van der Waals surface area contributed by atoms with E-state index in [9.17, 15) is 24.3 Å². The summed E-state index contributed by atoms with van der Waals surface area (Å²) in [4.78, 5) is 49.2. The normalized spacial score (nSPS) is 16.7. The molecule has 0 fully saturated rings. The number of ketones is 1. The van der Waals surface area contributed by atoms with E-state index in [0.717, 1.165) is 11.1 Å². The van der Waals surface area contributed by atoms with E-state index in [1.54, 1.807) is 36.4 Å². The minimum Gasteiger partial charge on any atom is -0.481 e. The topological polar surface area (TPSA) is 116 Å². The Kier molecular flexibility index (Phi) is 6.71. The van der Waals surface area contributed by atoms with E-state index in [-0.39, 0.29) is 0 Å². The van der Waals surface area contributed by atoms with Crippen LogP contribution in [0, 0.1) is 0 Å². The lowest BCUT2D eigenvalue weighted by Crippen LogP contribution is -2.55. The summed E-state index contributed by atoms with van der Waals surface area (Å²) in [6, 6.07) is 11.1. The average molecular weight is 442 g/mol. The molecule has 3 N–H and O–H groups in total. The van der Waals surface area contributed by atoms with Crippen LogP contribution in [-0.2, 0) is 14.4 Å². The Bertz CT molecular complexity index is 1070. The highest BCUT2D eigenvalue weighted by Crippen LogP contribution is 2.26. The Morgan fingerprint density at radius 1 is 1.13 bits per heavy atom. The van der Waals surface area contributed by atoms with E-state index in [0.29, 0.717) is 10.6 Å². The van der Waals surface area contributed by atoms with Crippen LogP contribution in [0.2, 0.25) is 5.02 Å². The molecule has 0 saturated heterocycles. The molecule has 0 saturated carbocycles. The number of halogens is 1. The smallest absolute Gasteiger partial charge is 0.316 e. The third kappa shape index (κ3) is 5.49. The zero-order chi connectivity index (χ0) is 22.5. The standard InChI is InChI=1S/C22H20ClN3O5/c1-26-9-8-18(27)20(21(26)30)25-22(31)24-17(12-19(28)29)15-6-2-4-13(10-15)14-5-3-7-16(23)11-14/h2-11,17,20H,12H2,1H3,(H,28,29)(H2,24,25,31)/t17-,20?/m0/s1. The van der Waals surface area contributed by atoms with E-state index >= 15 is 0 Å². The highest BCUT2D eigenvalue weighted by atomic mass is 35.5. The lowest BCUT2D eigenvalue weighted by Gasteiger charge is -2.25. The fraction of sp³-hybridized carbons (Fsp3) is 0.182. The molecular weight excluding hydrogens is 422 g/mol. The van der Waals surface area contributed by atoms with Crippen LogP contribution in [0.5, 0.6) is 0 Å². The molecule has 1 aliphatic heterocycles. The number of likely N-dealkylation sites (N-methyl/N-ethyl adjacent to an activating group) is 1. The van der Waals surface area contributed by atoms with E-state index in [1.165, 1.54) is 24.2 Å². The van der Waals surface area contributed by atoms with E-state index < -0.39 is 42.2 Å². The molecule has 0 aromatic heterocycles. The van der Waals surface area contributed by atoms with Crippen LogP contribution in [0.25, 0.3) is 11.1 Å². The second-order valence-electron chi connectivity index (χ2n) is 7.00. The summed E-state index contributed by atoms with van der Waals surface area (Å²) in [6.07, 6.45) is 2.11. The van der Waals surface area contributed by atoms with Crippen molar-refractivity contribution in [1.29, 1.82) is 0 Å². The average Bonchev–Trinajstić information content (AvgIpc) is 2.73. The Morgan fingerprint density at radius 2 is 1.81 bits per heavy atom. The molecule has 1 aliphatic rings. The van der Waals surface area contributed by atoms with Crippen molar-refractivity contribution in [3.8, 4) is 11.1 Å². The first-order chi connectivity index (χ1) is 14.7. The number of aliphatic carboxylic acids is 1. The zero-order valence-electron chi connectivity index (χ0n) is 16.5. The van der Waals surface area contributed by atoms with Gasteiger partial charge >= 0.3 is 12.0 Å². The van der Waals surface area contributed by atoms with Crippen molar-refractivity contribution < 1.29 is 24.3 Å². The van der Waals surface area contributed by atoms with Crippen LogP contribution < -0.4 is 10.6 Å².